The van der Waals surface area contributed by atoms with E-state index in [9.17, 15) is 0 Å². The molecule has 8 bridgehead atoms. The zero-order chi connectivity index (χ0) is 46.2. The summed E-state index contributed by atoms with van der Waals surface area (Å²) in [5, 5.41) is 13.6. The average Bonchev–Trinajstić information content (AvgIpc) is 4.13. The molecule has 0 fully saturated rings. The van der Waals surface area contributed by atoms with Gasteiger partial charge in [-0.1, -0.05) is 157 Å². The molecule has 15 rings (SSSR count). The standard InChI is InChI=1S/C65H41N5/c1-36-19-23-38(24-20-36)58-60-50-29-42-13-5-3-11-40(42)27-48(50)56(66-60)35-57-49-28-41-12-4-6-14-43(41)30-51(49)61(67-57)59(39-25-21-37(2)22-26-39)63-53-32-45-16-8-10-18-47(45)34-55(53)65(69-63)70-64-54-33-46-17-9-7-15-44(46)31-52(54)62(58)68-64/h3-35,66H,1-2H3,(H,68,69,70). The molecule has 70 heavy (non-hydrogen) atoms. The van der Waals surface area contributed by atoms with Crippen LogP contribution in [0.4, 0.5) is 0 Å². The minimum absolute atomic E-state index is 0.658. The average molecular weight is 892 g/mol. The zero-order valence-corrected chi connectivity index (χ0v) is 38.4. The van der Waals surface area contributed by atoms with Gasteiger partial charge in [-0.3, -0.25) is 0 Å². The molecule has 0 aliphatic carbocycles. The molecule has 0 saturated carbocycles. The van der Waals surface area contributed by atoms with E-state index in [0.29, 0.717) is 5.82 Å². The van der Waals surface area contributed by atoms with Crippen molar-refractivity contribution in [1.82, 2.24) is 24.9 Å². The Morgan fingerprint density at radius 1 is 0.329 bits per heavy atom. The number of H-pyrrole nitrogens is 2. The SMILES string of the molecule is Cc1ccc(-c2c3nc(nc4[nH]c(c(-c5ccc(C)cc5)c5nc(cc6[nH]c2c2cc7ccccc7cc62)-c2cc6ccccc6cc2-5)c2cc5ccccc5cc42)-c2cc4ccccc4cc2-3)cc1. The second-order valence-electron chi connectivity index (χ2n) is 19.1. The number of aromatic nitrogens is 5. The summed E-state index contributed by atoms with van der Waals surface area (Å²) in [7, 11) is 0. The molecule has 0 spiro atoms. The summed E-state index contributed by atoms with van der Waals surface area (Å²) in [5.41, 5.74) is 17.1. The van der Waals surface area contributed by atoms with Crippen LogP contribution in [0.15, 0.2) is 200 Å². The molecule has 5 heteroatoms. The topological polar surface area (TPSA) is 70.2 Å². The second kappa shape index (κ2) is 14.7. The van der Waals surface area contributed by atoms with E-state index in [1.807, 2.05) is 0 Å². The lowest BCUT2D eigenvalue weighted by Gasteiger charge is -2.09. The van der Waals surface area contributed by atoms with Crippen molar-refractivity contribution in [3.05, 3.63) is 211 Å². The first-order valence-electron chi connectivity index (χ1n) is 24.0. The Kier molecular flexibility index (Phi) is 8.14. The van der Waals surface area contributed by atoms with Crippen LogP contribution in [0.3, 0.4) is 0 Å². The van der Waals surface area contributed by atoms with Crippen LogP contribution in [-0.2, 0) is 0 Å². The van der Waals surface area contributed by atoms with Crippen molar-refractivity contribution in [2.45, 2.75) is 13.8 Å². The Balaban J connectivity index is 1.23. The molecule has 0 radical (unpaired) electrons. The Labute approximate surface area is 402 Å². The normalized spacial score (nSPS) is 12.1. The molecular formula is C65H41N5. The number of nitrogens with one attached hydrogen (secondary N) is 2. The monoisotopic (exact) mass is 891 g/mol. The van der Waals surface area contributed by atoms with Crippen molar-refractivity contribution < 1.29 is 0 Å². The third kappa shape index (κ3) is 5.88. The molecule has 10 aromatic carbocycles. The number of aryl methyl sites for hydroxylation is 2. The molecule has 2 N–H and O–H groups in total. The van der Waals surface area contributed by atoms with Crippen LogP contribution in [0.5, 0.6) is 0 Å². The largest absolute Gasteiger partial charge is 0.354 e. The maximum absolute atomic E-state index is 5.82. The number of nitrogens with zero attached hydrogens (tertiary/aromatic N) is 3. The van der Waals surface area contributed by atoms with Crippen LogP contribution in [0.2, 0.25) is 0 Å². The van der Waals surface area contributed by atoms with Crippen LogP contribution >= 0.6 is 0 Å². The molecule has 2 aliphatic heterocycles. The summed E-state index contributed by atoms with van der Waals surface area (Å²) in [4.78, 5) is 25.3. The molecule has 0 amide bonds. The first kappa shape index (κ1) is 38.9. The van der Waals surface area contributed by atoms with Gasteiger partial charge in [-0.25, -0.2) is 15.0 Å². The first-order valence-corrected chi connectivity index (χ1v) is 24.0. The Bertz CT molecular complexity index is 4300. The lowest BCUT2D eigenvalue weighted by Crippen LogP contribution is -1.87. The molecule has 5 nitrogen and oxygen atoms in total. The van der Waals surface area contributed by atoms with Crippen LogP contribution in [0, 0.1) is 13.8 Å². The summed E-state index contributed by atoms with van der Waals surface area (Å²) in [5.74, 6) is 0.658. The fourth-order valence-electron chi connectivity index (χ4n) is 11.2. The fraction of sp³-hybridized carbons (Fsp3) is 0.0308. The van der Waals surface area contributed by atoms with E-state index in [2.05, 4.69) is 224 Å². The number of hydrogen-bond donors (Lipinski definition) is 2. The second-order valence-corrected chi connectivity index (χ2v) is 19.1. The summed E-state index contributed by atoms with van der Waals surface area (Å²) in [6.45, 7) is 4.29. The van der Waals surface area contributed by atoms with Crippen molar-refractivity contribution in [2.75, 3.05) is 0 Å². The van der Waals surface area contributed by atoms with Gasteiger partial charge in [-0.05, 0) is 123 Å². The van der Waals surface area contributed by atoms with Crippen molar-refractivity contribution in [3.8, 4) is 67.4 Å². The van der Waals surface area contributed by atoms with Crippen molar-refractivity contribution >= 4 is 86.8 Å². The zero-order valence-electron chi connectivity index (χ0n) is 38.4. The Hall–Kier alpha value is -9.19. The van der Waals surface area contributed by atoms with Gasteiger partial charge in [-0.15, -0.1) is 0 Å². The molecule has 326 valence electrons. The lowest BCUT2D eigenvalue weighted by atomic mass is 9.93. The summed E-state index contributed by atoms with van der Waals surface area (Å²) in [6.07, 6.45) is 0. The third-order valence-corrected chi connectivity index (χ3v) is 14.8. The maximum Gasteiger partial charge on any atom is 0.162 e. The molecule has 0 unspecified atom stereocenters. The highest BCUT2D eigenvalue weighted by molar-refractivity contribution is 6.20. The van der Waals surface area contributed by atoms with Gasteiger partial charge < -0.3 is 9.97 Å². The quantitative estimate of drug-likeness (QED) is 0.182. The summed E-state index contributed by atoms with van der Waals surface area (Å²) in [6, 6.07) is 73.1. The molecule has 5 heterocycles. The minimum Gasteiger partial charge on any atom is -0.354 e. The van der Waals surface area contributed by atoms with E-state index in [1.165, 1.54) is 27.3 Å². The van der Waals surface area contributed by atoms with Crippen LogP contribution in [-0.4, -0.2) is 24.9 Å². The molecule has 13 aromatic rings. The van der Waals surface area contributed by atoms with E-state index in [0.717, 1.165) is 132 Å². The van der Waals surface area contributed by atoms with E-state index < -0.39 is 0 Å². The minimum atomic E-state index is 0.658. The van der Waals surface area contributed by atoms with Crippen molar-refractivity contribution in [3.63, 3.8) is 0 Å². The van der Waals surface area contributed by atoms with E-state index in [1.54, 1.807) is 0 Å². The van der Waals surface area contributed by atoms with Crippen molar-refractivity contribution in [2.24, 2.45) is 0 Å². The predicted octanol–water partition coefficient (Wildman–Crippen LogP) is 17.2. The number of fused-ring (bicyclic) bond motifs is 24. The van der Waals surface area contributed by atoms with E-state index >= 15 is 0 Å². The van der Waals surface area contributed by atoms with Crippen LogP contribution in [0.25, 0.3) is 154 Å². The van der Waals surface area contributed by atoms with Gasteiger partial charge >= 0.3 is 0 Å². The molecule has 0 saturated heterocycles. The molecule has 2 aliphatic rings. The van der Waals surface area contributed by atoms with Gasteiger partial charge in [-0.2, -0.15) is 0 Å². The number of hydrogen-bond acceptors (Lipinski definition) is 3. The predicted molar refractivity (Wildman–Crippen MR) is 293 cm³/mol. The van der Waals surface area contributed by atoms with Crippen LogP contribution < -0.4 is 0 Å². The van der Waals surface area contributed by atoms with Gasteiger partial charge in [0.05, 0.1) is 28.1 Å². The van der Waals surface area contributed by atoms with Gasteiger partial charge in [0.1, 0.15) is 5.65 Å². The van der Waals surface area contributed by atoms with Gasteiger partial charge in [0, 0.05) is 60.4 Å². The fourth-order valence-corrected chi connectivity index (χ4v) is 11.2. The number of aromatic amines is 2. The molecule has 3 aromatic heterocycles. The highest BCUT2D eigenvalue weighted by atomic mass is 15.0. The molecular weight excluding hydrogens is 851 g/mol. The number of rotatable bonds is 2. The van der Waals surface area contributed by atoms with Gasteiger partial charge in [0.2, 0.25) is 0 Å². The number of benzene rings is 10. The third-order valence-electron chi connectivity index (χ3n) is 14.8. The van der Waals surface area contributed by atoms with E-state index in [4.69, 9.17) is 15.0 Å². The van der Waals surface area contributed by atoms with Crippen LogP contribution in [0.1, 0.15) is 11.1 Å². The lowest BCUT2D eigenvalue weighted by molar-refractivity contribution is 1.27. The Morgan fingerprint density at radius 3 is 1.26 bits per heavy atom. The highest BCUT2D eigenvalue weighted by Crippen LogP contribution is 2.49. The van der Waals surface area contributed by atoms with E-state index in [-0.39, 0.29) is 0 Å². The van der Waals surface area contributed by atoms with Crippen molar-refractivity contribution in [1.29, 1.82) is 0 Å². The Morgan fingerprint density at radius 2 is 0.729 bits per heavy atom. The maximum atomic E-state index is 5.82. The smallest absolute Gasteiger partial charge is 0.162 e. The van der Waals surface area contributed by atoms with Gasteiger partial charge in [0.25, 0.3) is 0 Å². The first-order chi connectivity index (χ1) is 34.5. The van der Waals surface area contributed by atoms with Gasteiger partial charge in [0.15, 0.2) is 5.82 Å². The summed E-state index contributed by atoms with van der Waals surface area (Å²) >= 11 is 0. The molecule has 0 atom stereocenters. The summed E-state index contributed by atoms with van der Waals surface area (Å²) < 4.78 is 0. The highest BCUT2D eigenvalue weighted by Gasteiger charge is 2.27.